The minimum Gasteiger partial charge on any atom is -0.364 e. The molecule has 1 N–H and O–H groups in total. The van der Waals surface area contributed by atoms with E-state index < -0.39 is 12.6 Å². The molecule has 0 aliphatic rings. The molecule has 0 aromatic heterocycles. The molecule has 0 saturated carbocycles. The second kappa shape index (κ2) is 4.33. The van der Waals surface area contributed by atoms with Gasteiger partial charge in [-0.3, -0.25) is 5.41 Å². The average Bonchev–Trinajstić information content (AvgIpc) is 1.84. The van der Waals surface area contributed by atoms with Crippen LogP contribution in [-0.2, 0) is 0 Å². The normalized spacial score (nSPS) is 11.4. The van der Waals surface area contributed by atoms with Gasteiger partial charge in [-0.15, -0.1) is 0 Å². The minimum atomic E-state index is -4.07. The first-order valence-electron chi connectivity index (χ1n) is 3.66. The van der Waals surface area contributed by atoms with Crippen molar-refractivity contribution in [1.82, 2.24) is 4.90 Å². The van der Waals surface area contributed by atoms with Crippen molar-refractivity contribution >= 4 is 5.84 Å². The lowest BCUT2D eigenvalue weighted by Crippen LogP contribution is -2.25. The van der Waals surface area contributed by atoms with Gasteiger partial charge < -0.3 is 4.90 Å². The van der Waals surface area contributed by atoms with Gasteiger partial charge in [-0.05, 0) is 13.3 Å². The van der Waals surface area contributed by atoms with Crippen molar-refractivity contribution in [3.8, 4) is 0 Å². The SMILES string of the molecule is CC(=N)N(C)CCCC(F)(F)F. The van der Waals surface area contributed by atoms with E-state index >= 15 is 0 Å². The molecule has 0 unspecified atom stereocenters. The zero-order valence-electron chi connectivity index (χ0n) is 7.20. The van der Waals surface area contributed by atoms with Crippen LogP contribution in [0.1, 0.15) is 19.8 Å². The van der Waals surface area contributed by atoms with Crippen LogP contribution in [0.4, 0.5) is 13.2 Å². The van der Waals surface area contributed by atoms with Gasteiger partial charge in [0.1, 0.15) is 0 Å². The van der Waals surface area contributed by atoms with Crippen molar-refractivity contribution < 1.29 is 13.2 Å². The molecule has 72 valence electrons. The molecule has 0 heterocycles. The van der Waals surface area contributed by atoms with E-state index in [0.717, 1.165) is 0 Å². The topological polar surface area (TPSA) is 27.1 Å². The van der Waals surface area contributed by atoms with Crippen molar-refractivity contribution in [2.24, 2.45) is 0 Å². The summed E-state index contributed by atoms with van der Waals surface area (Å²) in [4.78, 5) is 1.49. The van der Waals surface area contributed by atoms with Crippen LogP contribution in [0.5, 0.6) is 0 Å². The van der Waals surface area contributed by atoms with Crippen molar-refractivity contribution in [2.75, 3.05) is 13.6 Å². The van der Waals surface area contributed by atoms with E-state index in [9.17, 15) is 13.2 Å². The van der Waals surface area contributed by atoms with Crippen LogP contribution in [0, 0.1) is 5.41 Å². The largest absolute Gasteiger partial charge is 0.389 e. The highest BCUT2D eigenvalue weighted by atomic mass is 19.4. The zero-order chi connectivity index (χ0) is 9.78. The molecule has 0 saturated heterocycles. The molecular formula is C7H13F3N2. The van der Waals surface area contributed by atoms with Crippen molar-refractivity contribution in [3.05, 3.63) is 0 Å². The van der Waals surface area contributed by atoms with Gasteiger partial charge in [-0.1, -0.05) is 0 Å². The van der Waals surface area contributed by atoms with Gasteiger partial charge in [-0.25, -0.2) is 0 Å². The van der Waals surface area contributed by atoms with E-state index in [1.54, 1.807) is 14.0 Å². The molecule has 0 radical (unpaired) electrons. The third-order valence-electron chi connectivity index (χ3n) is 1.53. The molecule has 0 rings (SSSR count). The Balaban J connectivity index is 3.51. The first-order valence-corrected chi connectivity index (χ1v) is 3.66. The summed E-state index contributed by atoms with van der Waals surface area (Å²) < 4.78 is 34.9. The fraction of sp³-hybridized carbons (Fsp3) is 0.857. The quantitative estimate of drug-likeness (QED) is 0.526. The Morgan fingerprint density at radius 3 is 2.25 bits per heavy atom. The number of hydrogen-bond donors (Lipinski definition) is 1. The highest BCUT2D eigenvalue weighted by Gasteiger charge is 2.26. The van der Waals surface area contributed by atoms with Crippen LogP contribution in [0.3, 0.4) is 0 Å². The monoisotopic (exact) mass is 182 g/mol. The third-order valence-corrected chi connectivity index (χ3v) is 1.53. The highest BCUT2D eigenvalue weighted by molar-refractivity contribution is 5.75. The molecule has 0 amide bonds. The molecular weight excluding hydrogens is 169 g/mol. The fourth-order valence-electron chi connectivity index (χ4n) is 0.684. The Morgan fingerprint density at radius 2 is 1.92 bits per heavy atom. The first kappa shape index (κ1) is 11.3. The summed E-state index contributed by atoms with van der Waals surface area (Å²) >= 11 is 0. The summed E-state index contributed by atoms with van der Waals surface area (Å²) in [6.45, 7) is 1.84. The lowest BCUT2D eigenvalue weighted by Gasteiger charge is -2.17. The number of alkyl halides is 3. The molecule has 0 fully saturated rings. The Bertz CT molecular complexity index is 153. The Kier molecular flexibility index (Phi) is 4.06. The van der Waals surface area contributed by atoms with Gasteiger partial charge in [0.2, 0.25) is 0 Å². The fourth-order valence-corrected chi connectivity index (χ4v) is 0.684. The number of nitrogens with one attached hydrogen (secondary N) is 1. The highest BCUT2D eigenvalue weighted by Crippen LogP contribution is 2.21. The lowest BCUT2D eigenvalue weighted by molar-refractivity contribution is -0.135. The Hall–Kier alpha value is -0.740. The molecule has 0 aromatic rings. The van der Waals surface area contributed by atoms with Gasteiger partial charge in [0.05, 0.1) is 5.84 Å². The van der Waals surface area contributed by atoms with Crippen LogP contribution in [0.2, 0.25) is 0 Å². The maximum atomic E-state index is 11.6. The lowest BCUT2D eigenvalue weighted by atomic mass is 10.3. The maximum absolute atomic E-state index is 11.6. The molecule has 5 heteroatoms. The van der Waals surface area contributed by atoms with E-state index in [0.29, 0.717) is 0 Å². The number of nitrogens with zero attached hydrogens (tertiary/aromatic N) is 1. The van der Waals surface area contributed by atoms with Crippen molar-refractivity contribution in [3.63, 3.8) is 0 Å². The minimum absolute atomic E-state index is 0.0518. The zero-order valence-corrected chi connectivity index (χ0v) is 7.20. The van der Waals surface area contributed by atoms with E-state index in [1.165, 1.54) is 4.90 Å². The predicted molar refractivity (Wildman–Crippen MR) is 41.3 cm³/mol. The van der Waals surface area contributed by atoms with Crippen LogP contribution in [0.15, 0.2) is 0 Å². The maximum Gasteiger partial charge on any atom is 0.389 e. The Morgan fingerprint density at radius 1 is 1.42 bits per heavy atom. The van der Waals surface area contributed by atoms with Crippen LogP contribution >= 0.6 is 0 Å². The first-order chi connectivity index (χ1) is 5.33. The molecule has 0 aromatic carbocycles. The molecule has 0 aliphatic carbocycles. The molecule has 2 nitrogen and oxygen atoms in total. The van der Waals surface area contributed by atoms with Gasteiger partial charge in [0.15, 0.2) is 0 Å². The summed E-state index contributed by atoms with van der Waals surface area (Å²) in [5.74, 6) is 0.289. The van der Waals surface area contributed by atoms with Crippen LogP contribution < -0.4 is 0 Å². The second-order valence-corrected chi connectivity index (χ2v) is 2.73. The predicted octanol–water partition coefficient (Wildman–Crippen LogP) is 2.26. The third kappa shape index (κ3) is 6.00. The van der Waals surface area contributed by atoms with E-state index in [-0.39, 0.29) is 18.8 Å². The molecule has 12 heavy (non-hydrogen) atoms. The summed E-state index contributed by atoms with van der Waals surface area (Å²) in [5.41, 5.74) is 0. The number of hydrogen-bond acceptors (Lipinski definition) is 1. The summed E-state index contributed by atoms with van der Waals surface area (Å²) in [5, 5.41) is 7.08. The van der Waals surface area contributed by atoms with Crippen LogP contribution in [-0.4, -0.2) is 30.5 Å². The van der Waals surface area contributed by atoms with Crippen molar-refractivity contribution in [1.29, 1.82) is 5.41 Å². The summed E-state index contributed by atoms with van der Waals surface area (Å²) in [7, 11) is 1.61. The smallest absolute Gasteiger partial charge is 0.364 e. The Labute approximate surface area is 69.9 Å². The van der Waals surface area contributed by atoms with Gasteiger partial charge in [0.25, 0.3) is 0 Å². The van der Waals surface area contributed by atoms with Crippen molar-refractivity contribution in [2.45, 2.75) is 25.9 Å². The van der Waals surface area contributed by atoms with Crippen LogP contribution in [0.25, 0.3) is 0 Å². The van der Waals surface area contributed by atoms with Gasteiger partial charge in [0, 0.05) is 20.0 Å². The van der Waals surface area contributed by atoms with E-state index in [2.05, 4.69) is 0 Å². The average molecular weight is 182 g/mol. The summed E-state index contributed by atoms with van der Waals surface area (Å²) in [6, 6.07) is 0. The summed E-state index contributed by atoms with van der Waals surface area (Å²) in [6.07, 6.45) is -4.79. The standard InChI is InChI=1S/C7H13F3N2/c1-6(11)12(2)5-3-4-7(8,9)10/h11H,3-5H2,1-2H3. The molecule has 0 atom stereocenters. The molecule has 0 spiro atoms. The number of halogens is 3. The van der Waals surface area contributed by atoms with E-state index in [4.69, 9.17) is 5.41 Å². The van der Waals surface area contributed by atoms with Gasteiger partial charge in [-0.2, -0.15) is 13.2 Å². The number of rotatable bonds is 3. The van der Waals surface area contributed by atoms with E-state index in [1.807, 2.05) is 0 Å². The number of amidine groups is 1. The van der Waals surface area contributed by atoms with Gasteiger partial charge >= 0.3 is 6.18 Å². The molecule has 0 bridgehead atoms. The molecule has 0 aliphatic heterocycles. The second-order valence-electron chi connectivity index (χ2n) is 2.73.